The Kier molecular flexibility index (Phi) is 3.11. The van der Waals surface area contributed by atoms with Gasteiger partial charge in [-0.1, -0.05) is 0 Å². The van der Waals surface area contributed by atoms with Gasteiger partial charge in [-0.3, -0.25) is 4.79 Å². The van der Waals surface area contributed by atoms with Crippen LogP contribution in [0.4, 0.5) is 10.1 Å². The van der Waals surface area contributed by atoms with Crippen LogP contribution in [-0.2, 0) is 4.79 Å². The number of hydrogen-bond donors (Lipinski definition) is 0. The lowest BCUT2D eigenvalue weighted by molar-refractivity contribution is -0.117. The van der Waals surface area contributed by atoms with Gasteiger partial charge in [-0.2, -0.15) is 0 Å². The molecule has 0 atom stereocenters. The molecule has 0 N–H and O–H groups in total. The third-order valence-electron chi connectivity index (χ3n) is 2.32. The van der Waals surface area contributed by atoms with Gasteiger partial charge in [0.1, 0.15) is 5.82 Å². The van der Waals surface area contributed by atoms with Gasteiger partial charge in [-0.15, -0.1) is 0 Å². The van der Waals surface area contributed by atoms with Crippen LogP contribution < -0.4 is 4.90 Å². The smallest absolute Gasteiger partial charge is 0.227 e. The second-order valence-corrected chi connectivity index (χ2v) is 5.08. The van der Waals surface area contributed by atoms with Gasteiger partial charge in [0, 0.05) is 21.9 Å². The van der Waals surface area contributed by atoms with Crippen molar-refractivity contribution in [3.63, 3.8) is 0 Å². The van der Waals surface area contributed by atoms with E-state index in [4.69, 9.17) is 0 Å². The highest BCUT2D eigenvalue weighted by Crippen LogP contribution is 2.37. The summed E-state index contributed by atoms with van der Waals surface area (Å²) >= 11 is 6.54. The highest BCUT2D eigenvalue weighted by atomic mass is 79.9. The predicted octanol–water partition coefficient (Wildman–Crippen LogP) is 3.48. The molecule has 1 aliphatic rings. The molecule has 1 fully saturated rings. The number of amides is 1. The van der Waals surface area contributed by atoms with Crippen LogP contribution >= 0.6 is 31.9 Å². The molecule has 1 aromatic rings. The monoisotopic (exact) mass is 335 g/mol. The summed E-state index contributed by atoms with van der Waals surface area (Å²) in [6.45, 7) is 0.696. The van der Waals surface area contributed by atoms with Gasteiger partial charge in [0.15, 0.2) is 0 Å². The van der Waals surface area contributed by atoms with Crippen LogP contribution in [0, 0.1) is 5.82 Å². The molecule has 1 aliphatic heterocycles. The topological polar surface area (TPSA) is 20.3 Å². The predicted molar refractivity (Wildman–Crippen MR) is 63.4 cm³/mol. The van der Waals surface area contributed by atoms with Gasteiger partial charge in [0.25, 0.3) is 0 Å². The van der Waals surface area contributed by atoms with E-state index in [1.165, 1.54) is 12.1 Å². The molecular weight excluding hydrogens is 329 g/mol. The lowest BCUT2D eigenvalue weighted by Gasteiger charge is -2.19. The second kappa shape index (κ2) is 4.22. The molecule has 0 unspecified atom stereocenters. The van der Waals surface area contributed by atoms with Crippen LogP contribution in [0.3, 0.4) is 0 Å². The molecule has 0 aliphatic carbocycles. The van der Waals surface area contributed by atoms with Crippen molar-refractivity contribution in [2.24, 2.45) is 0 Å². The fourth-order valence-electron chi connectivity index (χ4n) is 1.68. The average Bonchev–Trinajstić information content (AvgIpc) is 2.50. The Morgan fingerprint density at radius 1 is 1.27 bits per heavy atom. The van der Waals surface area contributed by atoms with Crippen LogP contribution in [0.1, 0.15) is 12.8 Å². The fourth-order valence-corrected chi connectivity index (χ4v) is 3.24. The first kappa shape index (κ1) is 11.1. The molecule has 1 saturated heterocycles. The van der Waals surface area contributed by atoms with Gasteiger partial charge in [-0.05, 0) is 50.4 Å². The standard InChI is InChI=1S/C10H8Br2FNO/c11-7-4-6(13)5-8(12)10(7)14-3-1-2-9(14)15/h4-5H,1-3H2. The fraction of sp³-hybridized carbons (Fsp3) is 0.300. The minimum atomic E-state index is -0.329. The van der Waals surface area contributed by atoms with Gasteiger partial charge >= 0.3 is 0 Å². The summed E-state index contributed by atoms with van der Waals surface area (Å²) in [6, 6.07) is 2.73. The summed E-state index contributed by atoms with van der Waals surface area (Å²) in [6.07, 6.45) is 1.42. The Morgan fingerprint density at radius 3 is 2.33 bits per heavy atom. The summed E-state index contributed by atoms with van der Waals surface area (Å²) in [5, 5.41) is 0. The maximum absolute atomic E-state index is 13.0. The van der Waals surface area contributed by atoms with Crippen molar-refractivity contribution >= 4 is 43.5 Å². The van der Waals surface area contributed by atoms with E-state index in [0.29, 0.717) is 21.9 Å². The van der Waals surface area contributed by atoms with Crippen molar-refractivity contribution in [2.45, 2.75) is 12.8 Å². The van der Waals surface area contributed by atoms with E-state index in [1.807, 2.05) is 0 Å². The number of benzene rings is 1. The van der Waals surface area contributed by atoms with E-state index in [1.54, 1.807) is 4.90 Å². The summed E-state index contributed by atoms with van der Waals surface area (Å²) in [5.41, 5.74) is 0.721. The molecule has 80 valence electrons. The largest absolute Gasteiger partial charge is 0.310 e. The number of carbonyl (C=O) groups excluding carboxylic acids is 1. The highest BCUT2D eigenvalue weighted by molar-refractivity contribution is 9.11. The first-order valence-corrected chi connectivity index (χ1v) is 6.13. The Morgan fingerprint density at radius 2 is 1.87 bits per heavy atom. The molecule has 0 saturated carbocycles. The SMILES string of the molecule is O=C1CCCN1c1c(Br)cc(F)cc1Br. The van der Waals surface area contributed by atoms with Crippen LogP contribution in [0.5, 0.6) is 0 Å². The number of halogens is 3. The van der Waals surface area contributed by atoms with Crippen LogP contribution in [-0.4, -0.2) is 12.5 Å². The van der Waals surface area contributed by atoms with E-state index in [-0.39, 0.29) is 11.7 Å². The van der Waals surface area contributed by atoms with Gasteiger partial charge in [0.2, 0.25) is 5.91 Å². The molecule has 0 spiro atoms. The Hall–Kier alpha value is -0.420. The van der Waals surface area contributed by atoms with Crippen molar-refractivity contribution in [2.75, 3.05) is 11.4 Å². The molecule has 1 amide bonds. The lowest BCUT2D eigenvalue weighted by atomic mass is 10.3. The number of nitrogens with zero attached hydrogens (tertiary/aromatic N) is 1. The average molecular weight is 337 g/mol. The molecule has 0 radical (unpaired) electrons. The third-order valence-corrected chi connectivity index (χ3v) is 3.53. The van der Waals surface area contributed by atoms with Crippen LogP contribution in [0.2, 0.25) is 0 Å². The van der Waals surface area contributed by atoms with E-state index >= 15 is 0 Å². The van der Waals surface area contributed by atoms with E-state index in [0.717, 1.165) is 12.1 Å². The van der Waals surface area contributed by atoms with Crippen molar-refractivity contribution in [1.29, 1.82) is 0 Å². The first-order valence-electron chi connectivity index (χ1n) is 4.54. The minimum Gasteiger partial charge on any atom is -0.310 e. The zero-order valence-electron chi connectivity index (χ0n) is 7.77. The van der Waals surface area contributed by atoms with Crippen LogP contribution in [0.25, 0.3) is 0 Å². The van der Waals surface area contributed by atoms with Crippen molar-refractivity contribution in [1.82, 2.24) is 0 Å². The minimum absolute atomic E-state index is 0.0861. The highest BCUT2D eigenvalue weighted by Gasteiger charge is 2.25. The Balaban J connectivity index is 2.47. The molecule has 15 heavy (non-hydrogen) atoms. The third kappa shape index (κ3) is 2.08. The lowest BCUT2D eigenvalue weighted by Crippen LogP contribution is -2.24. The quantitative estimate of drug-likeness (QED) is 0.769. The van der Waals surface area contributed by atoms with Crippen molar-refractivity contribution in [3.05, 3.63) is 26.9 Å². The molecule has 0 aromatic heterocycles. The number of anilines is 1. The number of hydrogen-bond acceptors (Lipinski definition) is 1. The van der Waals surface area contributed by atoms with Gasteiger partial charge in [0.05, 0.1) is 5.69 Å². The van der Waals surface area contributed by atoms with Crippen LogP contribution in [0.15, 0.2) is 21.1 Å². The molecule has 5 heteroatoms. The summed E-state index contributed by atoms with van der Waals surface area (Å²) < 4.78 is 14.2. The summed E-state index contributed by atoms with van der Waals surface area (Å²) in [5.74, 6) is -0.243. The maximum atomic E-state index is 13.0. The first-order chi connectivity index (χ1) is 7.09. The Labute approximate surface area is 104 Å². The Bertz CT molecular complexity index is 399. The van der Waals surface area contributed by atoms with Crippen molar-refractivity contribution in [3.8, 4) is 0 Å². The molecule has 2 rings (SSSR count). The normalized spacial score (nSPS) is 16.2. The van der Waals surface area contributed by atoms with Gasteiger partial charge in [-0.25, -0.2) is 4.39 Å². The maximum Gasteiger partial charge on any atom is 0.227 e. The summed E-state index contributed by atoms with van der Waals surface area (Å²) in [7, 11) is 0. The summed E-state index contributed by atoms with van der Waals surface area (Å²) in [4.78, 5) is 13.2. The number of rotatable bonds is 1. The zero-order chi connectivity index (χ0) is 11.0. The molecule has 1 heterocycles. The van der Waals surface area contributed by atoms with E-state index in [2.05, 4.69) is 31.9 Å². The molecular formula is C10H8Br2FNO. The van der Waals surface area contributed by atoms with E-state index in [9.17, 15) is 9.18 Å². The number of carbonyl (C=O) groups is 1. The molecule has 2 nitrogen and oxygen atoms in total. The zero-order valence-corrected chi connectivity index (χ0v) is 10.9. The van der Waals surface area contributed by atoms with Gasteiger partial charge < -0.3 is 4.90 Å². The molecule has 0 bridgehead atoms. The second-order valence-electron chi connectivity index (χ2n) is 3.37. The van der Waals surface area contributed by atoms with Crippen molar-refractivity contribution < 1.29 is 9.18 Å². The van der Waals surface area contributed by atoms with E-state index < -0.39 is 0 Å². The molecule has 1 aromatic carbocycles.